The Labute approximate surface area is 153 Å². The van der Waals surface area contributed by atoms with Gasteiger partial charge in [0.25, 0.3) is 0 Å². The van der Waals surface area contributed by atoms with Gasteiger partial charge in [-0.25, -0.2) is 9.19 Å². The maximum absolute atomic E-state index is 12.3. The lowest BCUT2D eigenvalue weighted by molar-refractivity contribution is 0.277. The normalized spacial score (nSPS) is 11.0. The van der Waals surface area contributed by atoms with Crippen LogP contribution in [0.4, 0.5) is 5.13 Å². The van der Waals surface area contributed by atoms with Crippen LogP contribution in [0.2, 0.25) is 0 Å². The first kappa shape index (κ1) is 20.9. The monoisotopic (exact) mass is 379 g/mol. The van der Waals surface area contributed by atoms with E-state index in [0.717, 1.165) is 20.4 Å². The van der Waals surface area contributed by atoms with Crippen molar-refractivity contribution < 1.29 is 14.8 Å². The minimum absolute atomic E-state index is 0. The second kappa shape index (κ2) is 10.00. The number of aromatic nitrogens is 2. The summed E-state index contributed by atoms with van der Waals surface area (Å²) < 4.78 is 13.0. The molecule has 3 aromatic rings. The van der Waals surface area contributed by atoms with Crippen LogP contribution in [0.25, 0.3) is 0 Å². The number of nitrogen functional groups attached to an aromatic ring is 1. The fraction of sp³-hybridized carbons (Fsp3) is 0.176. The SMILES string of the molecule is Cc1cccc(S(=O)c2sc(N)nc2C)c1.O.OCc1ccccn1. The highest BCUT2D eigenvalue weighted by Crippen LogP contribution is 2.27. The lowest BCUT2D eigenvalue weighted by Gasteiger charge is -2.01. The van der Waals surface area contributed by atoms with Crippen LogP contribution in [-0.4, -0.2) is 24.8 Å². The van der Waals surface area contributed by atoms with Gasteiger partial charge >= 0.3 is 0 Å². The van der Waals surface area contributed by atoms with Crippen molar-refractivity contribution in [2.75, 3.05) is 5.73 Å². The molecule has 2 aromatic heterocycles. The fourth-order valence-electron chi connectivity index (χ4n) is 1.90. The molecule has 0 spiro atoms. The topological polar surface area (TPSA) is 121 Å². The van der Waals surface area contributed by atoms with Gasteiger partial charge in [-0.3, -0.25) is 4.98 Å². The number of anilines is 1. The molecule has 8 heteroatoms. The maximum atomic E-state index is 12.3. The summed E-state index contributed by atoms with van der Waals surface area (Å²) >= 11 is 1.29. The molecule has 2 heterocycles. The molecule has 3 rings (SSSR count). The molecule has 5 N–H and O–H groups in total. The fourth-order valence-corrected chi connectivity index (χ4v) is 4.34. The number of hydrogen-bond donors (Lipinski definition) is 2. The number of thiazole rings is 1. The highest BCUT2D eigenvalue weighted by atomic mass is 32.2. The van der Waals surface area contributed by atoms with Crippen molar-refractivity contribution in [2.45, 2.75) is 29.6 Å². The third kappa shape index (κ3) is 6.02. The second-order valence-corrected chi connectivity index (χ2v) is 7.70. The second-order valence-electron chi connectivity index (χ2n) is 4.99. The Morgan fingerprint density at radius 1 is 1.20 bits per heavy atom. The smallest absolute Gasteiger partial charge is 0.181 e. The van der Waals surface area contributed by atoms with E-state index < -0.39 is 10.8 Å². The van der Waals surface area contributed by atoms with Crippen molar-refractivity contribution in [3.8, 4) is 0 Å². The molecule has 0 aliphatic rings. The first-order valence-corrected chi connectivity index (χ1v) is 9.20. The molecule has 0 aliphatic carbocycles. The maximum Gasteiger partial charge on any atom is 0.181 e. The van der Waals surface area contributed by atoms with Crippen LogP contribution in [0.15, 0.2) is 57.8 Å². The summed E-state index contributed by atoms with van der Waals surface area (Å²) in [5.74, 6) is 0. The van der Waals surface area contributed by atoms with Gasteiger partial charge < -0.3 is 16.3 Å². The van der Waals surface area contributed by atoms with Gasteiger partial charge in [0.15, 0.2) is 5.13 Å². The molecule has 0 aliphatic heterocycles. The molecule has 0 radical (unpaired) electrons. The Kier molecular flexibility index (Phi) is 8.36. The van der Waals surface area contributed by atoms with E-state index in [1.54, 1.807) is 12.3 Å². The Hall–Kier alpha value is -2.13. The van der Waals surface area contributed by atoms with Crippen molar-refractivity contribution in [3.63, 3.8) is 0 Å². The number of nitrogens with two attached hydrogens (primary N) is 1. The molecule has 0 saturated carbocycles. The summed E-state index contributed by atoms with van der Waals surface area (Å²) in [5.41, 5.74) is 8.16. The Morgan fingerprint density at radius 3 is 2.44 bits per heavy atom. The van der Waals surface area contributed by atoms with E-state index in [0.29, 0.717) is 10.8 Å². The average Bonchev–Trinajstić information content (AvgIpc) is 2.94. The molecule has 0 bridgehead atoms. The van der Waals surface area contributed by atoms with Gasteiger partial charge in [0, 0.05) is 11.1 Å². The molecule has 0 saturated heterocycles. The molecule has 1 atom stereocenters. The zero-order valence-electron chi connectivity index (χ0n) is 14.0. The number of pyridine rings is 1. The number of hydrogen-bond acceptors (Lipinski definition) is 6. The third-order valence-corrected chi connectivity index (χ3v) is 5.83. The summed E-state index contributed by atoms with van der Waals surface area (Å²) in [4.78, 5) is 8.73. The van der Waals surface area contributed by atoms with E-state index in [-0.39, 0.29) is 12.1 Å². The molecule has 25 heavy (non-hydrogen) atoms. The van der Waals surface area contributed by atoms with Gasteiger partial charge in [0.1, 0.15) is 4.21 Å². The standard InChI is InChI=1S/C11H12N2OS2.C6H7NO.H2O/c1-7-4-3-5-9(6-7)16(14)10-8(2)13-11(12)15-10;8-5-6-3-1-2-4-7-6;/h3-6H,1-2H3,(H2,12,13);1-4,8H,5H2;1H2. The van der Waals surface area contributed by atoms with Gasteiger partial charge in [-0.1, -0.05) is 29.5 Å². The van der Waals surface area contributed by atoms with E-state index in [1.807, 2.05) is 50.2 Å². The highest BCUT2D eigenvalue weighted by molar-refractivity contribution is 7.87. The lowest BCUT2D eigenvalue weighted by Crippen LogP contribution is -1.92. The van der Waals surface area contributed by atoms with Crippen LogP contribution in [0.1, 0.15) is 17.0 Å². The molecule has 0 fully saturated rings. The molecule has 6 nitrogen and oxygen atoms in total. The predicted molar refractivity (Wildman–Crippen MR) is 101 cm³/mol. The first-order chi connectivity index (χ1) is 11.5. The minimum Gasteiger partial charge on any atom is -0.412 e. The summed E-state index contributed by atoms with van der Waals surface area (Å²) in [6.07, 6.45) is 1.66. The van der Waals surface area contributed by atoms with Gasteiger partial charge in [-0.2, -0.15) is 0 Å². The Bertz CT molecular complexity index is 823. The summed E-state index contributed by atoms with van der Waals surface area (Å²) in [5, 5.41) is 8.94. The van der Waals surface area contributed by atoms with Gasteiger partial charge in [0.05, 0.1) is 28.8 Å². The average molecular weight is 380 g/mol. The number of aryl methyl sites for hydroxylation is 2. The van der Waals surface area contributed by atoms with Gasteiger partial charge in [-0.15, -0.1) is 0 Å². The number of nitrogens with zero attached hydrogens (tertiary/aromatic N) is 2. The Balaban J connectivity index is 0.000000295. The van der Waals surface area contributed by atoms with Crippen LogP contribution in [0.3, 0.4) is 0 Å². The number of rotatable bonds is 3. The molecule has 0 amide bonds. The molecule has 134 valence electrons. The van der Waals surface area contributed by atoms with E-state index in [2.05, 4.69) is 9.97 Å². The minimum atomic E-state index is -1.17. The molecule has 1 unspecified atom stereocenters. The summed E-state index contributed by atoms with van der Waals surface area (Å²) in [7, 11) is -1.17. The van der Waals surface area contributed by atoms with E-state index in [9.17, 15) is 4.21 Å². The van der Waals surface area contributed by atoms with Crippen LogP contribution in [0.5, 0.6) is 0 Å². The van der Waals surface area contributed by atoms with E-state index >= 15 is 0 Å². The predicted octanol–water partition coefficient (Wildman–Crippen LogP) is 2.26. The summed E-state index contributed by atoms with van der Waals surface area (Å²) in [6.45, 7) is 3.84. The first-order valence-electron chi connectivity index (χ1n) is 7.23. The van der Waals surface area contributed by atoms with Crippen molar-refractivity contribution in [1.29, 1.82) is 0 Å². The number of benzene rings is 1. The van der Waals surface area contributed by atoms with Gasteiger partial charge in [0.2, 0.25) is 0 Å². The molecular weight excluding hydrogens is 358 g/mol. The van der Waals surface area contributed by atoms with Crippen LogP contribution < -0.4 is 5.73 Å². The summed E-state index contributed by atoms with van der Waals surface area (Å²) in [6, 6.07) is 13.1. The zero-order chi connectivity index (χ0) is 17.5. The largest absolute Gasteiger partial charge is 0.412 e. The lowest BCUT2D eigenvalue weighted by atomic mass is 10.2. The van der Waals surface area contributed by atoms with Crippen LogP contribution in [-0.2, 0) is 17.4 Å². The Morgan fingerprint density at radius 2 is 1.96 bits per heavy atom. The highest BCUT2D eigenvalue weighted by Gasteiger charge is 2.14. The van der Waals surface area contributed by atoms with Crippen molar-refractivity contribution >= 4 is 27.3 Å². The van der Waals surface area contributed by atoms with Gasteiger partial charge in [-0.05, 0) is 43.7 Å². The third-order valence-electron chi connectivity index (χ3n) is 3.03. The number of aliphatic hydroxyl groups excluding tert-OH is 1. The van der Waals surface area contributed by atoms with E-state index in [1.165, 1.54) is 11.3 Å². The molecule has 1 aromatic carbocycles. The van der Waals surface area contributed by atoms with Crippen LogP contribution >= 0.6 is 11.3 Å². The van der Waals surface area contributed by atoms with Crippen molar-refractivity contribution in [2.24, 2.45) is 0 Å². The van der Waals surface area contributed by atoms with Crippen LogP contribution in [0, 0.1) is 13.8 Å². The van der Waals surface area contributed by atoms with Crippen molar-refractivity contribution in [3.05, 3.63) is 65.6 Å². The zero-order valence-corrected chi connectivity index (χ0v) is 15.6. The van der Waals surface area contributed by atoms with E-state index in [4.69, 9.17) is 10.8 Å². The molecular formula is C17H21N3O3S2. The number of aliphatic hydroxyl groups is 1. The van der Waals surface area contributed by atoms with Crippen molar-refractivity contribution in [1.82, 2.24) is 9.97 Å². The quantitative estimate of drug-likeness (QED) is 0.723.